The number of anilines is 1. The first-order valence-electron chi connectivity index (χ1n) is 5.78. The van der Waals surface area contributed by atoms with Crippen LogP contribution in [0.4, 0.5) is 5.69 Å². The number of pyridine rings is 1. The molecular weight excluding hydrogens is 264 g/mol. The van der Waals surface area contributed by atoms with Crippen LogP contribution in [0.15, 0.2) is 42.7 Å². The van der Waals surface area contributed by atoms with E-state index in [1.54, 1.807) is 30.6 Å². The minimum absolute atomic E-state index is 0.230. The molecule has 1 heterocycles. The summed E-state index contributed by atoms with van der Waals surface area (Å²) in [7, 11) is 0. The first-order valence-corrected chi connectivity index (χ1v) is 6.16. The summed E-state index contributed by atoms with van der Waals surface area (Å²) < 4.78 is 5.16. The first kappa shape index (κ1) is 13.4. The van der Waals surface area contributed by atoms with Gasteiger partial charge in [0, 0.05) is 18.8 Å². The molecule has 1 aromatic heterocycles. The lowest BCUT2D eigenvalue weighted by molar-refractivity contribution is 0.0509. The van der Waals surface area contributed by atoms with Gasteiger partial charge in [-0.2, -0.15) is 0 Å². The second-order valence-electron chi connectivity index (χ2n) is 3.96. The molecule has 0 atom stereocenters. The van der Waals surface area contributed by atoms with Gasteiger partial charge in [0.15, 0.2) is 0 Å². The molecule has 0 aliphatic carbocycles. The zero-order chi connectivity index (χ0) is 13.7. The Morgan fingerprint density at radius 1 is 1.32 bits per heavy atom. The summed E-state index contributed by atoms with van der Waals surface area (Å²) >= 11 is 5.95. The largest absolute Gasteiger partial charge is 0.462 e. The van der Waals surface area contributed by atoms with Gasteiger partial charge >= 0.3 is 5.97 Å². The van der Waals surface area contributed by atoms with Crippen molar-refractivity contribution in [3.8, 4) is 0 Å². The third-order valence-corrected chi connectivity index (χ3v) is 3.02. The SMILES string of the molecule is Nc1cccc(C(=O)OCCc2cccnc2)c1Cl. The summed E-state index contributed by atoms with van der Waals surface area (Å²) in [5.41, 5.74) is 7.29. The molecule has 4 nitrogen and oxygen atoms in total. The molecule has 1 aromatic carbocycles. The minimum atomic E-state index is -0.471. The molecule has 2 rings (SSSR count). The van der Waals surface area contributed by atoms with Gasteiger partial charge in [0.2, 0.25) is 0 Å². The van der Waals surface area contributed by atoms with Gasteiger partial charge < -0.3 is 10.5 Å². The van der Waals surface area contributed by atoms with Gasteiger partial charge in [-0.3, -0.25) is 4.98 Å². The second-order valence-corrected chi connectivity index (χ2v) is 4.33. The van der Waals surface area contributed by atoms with Crippen LogP contribution in [0.25, 0.3) is 0 Å². The van der Waals surface area contributed by atoms with E-state index in [0.717, 1.165) is 5.56 Å². The van der Waals surface area contributed by atoms with Crippen molar-refractivity contribution in [2.24, 2.45) is 0 Å². The molecule has 0 spiro atoms. The Bertz CT molecular complexity index is 573. The molecule has 0 bridgehead atoms. The van der Waals surface area contributed by atoms with E-state index in [2.05, 4.69) is 4.98 Å². The summed E-state index contributed by atoms with van der Waals surface area (Å²) in [6, 6.07) is 8.65. The Morgan fingerprint density at radius 2 is 2.16 bits per heavy atom. The number of nitrogens with two attached hydrogens (primary N) is 1. The molecule has 0 aliphatic rings. The van der Waals surface area contributed by atoms with Gasteiger partial charge in [0.1, 0.15) is 0 Å². The fourth-order valence-corrected chi connectivity index (χ4v) is 1.80. The van der Waals surface area contributed by atoms with Gasteiger partial charge in [-0.05, 0) is 23.8 Å². The third kappa shape index (κ3) is 3.45. The average molecular weight is 277 g/mol. The Morgan fingerprint density at radius 3 is 2.89 bits per heavy atom. The maximum Gasteiger partial charge on any atom is 0.339 e. The zero-order valence-corrected chi connectivity index (χ0v) is 10.9. The predicted octanol–water partition coefficient (Wildman–Crippen LogP) is 2.72. The van der Waals surface area contributed by atoms with Crippen LogP contribution >= 0.6 is 11.6 Å². The fourth-order valence-electron chi connectivity index (χ4n) is 1.59. The van der Waals surface area contributed by atoms with E-state index in [4.69, 9.17) is 22.1 Å². The smallest absolute Gasteiger partial charge is 0.339 e. The van der Waals surface area contributed by atoms with Crippen molar-refractivity contribution >= 4 is 23.3 Å². The summed E-state index contributed by atoms with van der Waals surface area (Å²) in [6.07, 6.45) is 4.04. The van der Waals surface area contributed by atoms with Crippen molar-refractivity contribution in [2.45, 2.75) is 6.42 Å². The van der Waals surface area contributed by atoms with Crippen LogP contribution in [0, 0.1) is 0 Å². The van der Waals surface area contributed by atoms with Crippen LogP contribution < -0.4 is 5.73 Å². The minimum Gasteiger partial charge on any atom is -0.462 e. The molecule has 98 valence electrons. The molecule has 0 amide bonds. The highest BCUT2D eigenvalue weighted by molar-refractivity contribution is 6.36. The molecule has 0 aliphatic heterocycles. The number of halogens is 1. The van der Waals surface area contributed by atoms with Crippen molar-refractivity contribution < 1.29 is 9.53 Å². The normalized spacial score (nSPS) is 10.2. The summed E-state index contributed by atoms with van der Waals surface area (Å²) in [4.78, 5) is 15.8. The van der Waals surface area contributed by atoms with E-state index >= 15 is 0 Å². The Kier molecular flexibility index (Phi) is 4.36. The quantitative estimate of drug-likeness (QED) is 0.689. The fraction of sp³-hybridized carbons (Fsp3) is 0.143. The van der Waals surface area contributed by atoms with Crippen LogP contribution in [0.1, 0.15) is 15.9 Å². The van der Waals surface area contributed by atoms with Crippen molar-refractivity contribution in [3.05, 3.63) is 58.9 Å². The number of nitrogen functional groups attached to an aromatic ring is 1. The van der Waals surface area contributed by atoms with Crippen LogP contribution in [0.3, 0.4) is 0 Å². The summed E-state index contributed by atoms with van der Waals surface area (Å²) in [6.45, 7) is 0.273. The Labute approximate surface area is 116 Å². The second kappa shape index (κ2) is 6.20. The number of hydrogen-bond acceptors (Lipinski definition) is 4. The lowest BCUT2D eigenvalue weighted by atomic mass is 10.2. The number of nitrogens with zero attached hydrogens (tertiary/aromatic N) is 1. The predicted molar refractivity (Wildman–Crippen MR) is 74.1 cm³/mol. The summed E-state index contributed by atoms with van der Waals surface area (Å²) in [5, 5.41) is 0.230. The molecule has 0 fully saturated rings. The number of ether oxygens (including phenoxy) is 1. The van der Waals surface area contributed by atoms with E-state index in [0.29, 0.717) is 12.1 Å². The molecule has 2 N–H and O–H groups in total. The van der Waals surface area contributed by atoms with Crippen molar-refractivity contribution in [1.82, 2.24) is 4.98 Å². The van der Waals surface area contributed by atoms with Gasteiger partial charge in [-0.25, -0.2) is 4.79 Å². The lowest BCUT2D eigenvalue weighted by Gasteiger charge is -2.07. The van der Waals surface area contributed by atoms with Crippen LogP contribution in [-0.4, -0.2) is 17.6 Å². The number of carbonyl (C=O) groups is 1. The van der Waals surface area contributed by atoms with Crippen molar-refractivity contribution in [2.75, 3.05) is 12.3 Å². The molecule has 0 unspecified atom stereocenters. The van der Waals surface area contributed by atoms with Crippen molar-refractivity contribution in [1.29, 1.82) is 0 Å². The number of hydrogen-bond donors (Lipinski definition) is 1. The van der Waals surface area contributed by atoms with E-state index in [1.807, 2.05) is 12.1 Å². The Balaban J connectivity index is 1.93. The van der Waals surface area contributed by atoms with Crippen LogP contribution in [0.5, 0.6) is 0 Å². The maximum atomic E-state index is 11.8. The van der Waals surface area contributed by atoms with Gasteiger partial charge in [0.25, 0.3) is 0 Å². The van der Waals surface area contributed by atoms with Gasteiger partial charge in [-0.15, -0.1) is 0 Å². The molecule has 19 heavy (non-hydrogen) atoms. The highest BCUT2D eigenvalue weighted by atomic mass is 35.5. The van der Waals surface area contributed by atoms with E-state index in [-0.39, 0.29) is 17.2 Å². The first-order chi connectivity index (χ1) is 9.18. The molecule has 5 heteroatoms. The number of carbonyl (C=O) groups excluding carboxylic acids is 1. The van der Waals surface area contributed by atoms with E-state index < -0.39 is 5.97 Å². The summed E-state index contributed by atoms with van der Waals surface area (Å²) in [5.74, 6) is -0.471. The molecule has 0 saturated heterocycles. The molecule has 2 aromatic rings. The molecule has 0 radical (unpaired) electrons. The lowest BCUT2D eigenvalue weighted by Crippen LogP contribution is -2.09. The van der Waals surface area contributed by atoms with Crippen LogP contribution in [-0.2, 0) is 11.2 Å². The highest BCUT2D eigenvalue weighted by Gasteiger charge is 2.13. The number of aromatic nitrogens is 1. The van der Waals surface area contributed by atoms with Gasteiger partial charge in [-0.1, -0.05) is 23.7 Å². The van der Waals surface area contributed by atoms with Crippen molar-refractivity contribution in [3.63, 3.8) is 0 Å². The number of rotatable bonds is 4. The van der Waals surface area contributed by atoms with Crippen LogP contribution in [0.2, 0.25) is 5.02 Å². The number of esters is 1. The topological polar surface area (TPSA) is 65.2 Å². The standard InChI is InChI=1S/C14H13ClN2O2/c15-13-11(4-1-5-12(13)16)14(18)19-8-6-10-3-2-7-17-9-10/h1-5,7,9H,6,8,16H2. The highest BCUT2D eigenvalue weighted by Crippen LogP contribution is 2.23. The third-order valence-electron chi connectivity index (χ3n) is 2.60. The maximum absolute atomic E-state index is 11.8. The number of benzene rings is 1. The average Bonchev–Trinajstić information content (AvgIpc) is 2.43. The molecule has 0 saturated carbocycles. The van der Waals surface area contributed by atoms with E-state index in [9.17, 15) is 4.79 Å². The monoisotopic (exact) mass is 276 g/mol. The molecular formula is C14H13ClN2O2. The van der Waals surface area contributed by atoms with Gasteiger partial charge in [0.05, 0.1) is 22.9 Å². The Hall–Kier alpha value is -2.07. The van der Waals surface area contributed by atoms with E-state index in [1.165, 1.54) is 0 Å². The zero-order valence-electron chi connectivity index (χ0n) is 10.2.